The average Bonchev–Trinajstić information content (AvgIpc) is 2.23. The van der Waals surface area contributed by atoms with Gasteiger partial charge in [0, 0.05) is 0 Å². The molecular formula is C12H20O3. The molecule has 0 aromatic carbocycles. The summed E-state index contributed by atoms with van der Waals surface area (Å²) < 4.78 is 4.86. The van der Waals surface area contributed by atoms with Crippen molar-refractivity contribution in [1.82, 2.24) is 0 Å². The van der Waals surface area contributed by atoms with Crippen molar-refractivity contribution < 1.29 is 14.6 Å². The molecule has 0 fully saturated rings. The van der Waals surface area contributed by atoms with Gasteiger partial charge < -0.3 is 9.84 Å². The Labute approximate surface area is 91.8 Å². The molecule has 0 rings (SSSR count). The highest BCUT2D eigenvalue weighted by Gasteiger charge is 2.16. The van der Waals surface area contributed by atoms with Gasteiger partial charge >= 0.3 is 5.97 Å². The summed E-state index contributed by atoms with van der Waals surface area (Å²) in [4.78, 5) is 11.4. The monoisotopic (exact) mass is 212 g/mol. The van der Waals surface area contributed by atoms with Gasteiger partial charge in [-0.15, -0.1) is 0 Å². The van der Waals surface area contributed by atoms with E-state index < -0.39 is 5.92 Å². The first kappa shape index (κ1) is 13.8. The van der Waals surface area contributed by atoms with Gasteiger partial charge in [-0.3, -0.25) is 4.79 Å². The van der Waals surface area contributed by atoms with Gasteiger partial charge in [0.25, 0.3) is 0 Å². The summed E-state index contributed by atoms with van der Waals surface area (Å²) in [5, 5.41) is 8.49. The smallest absolute Gasteiger partial charge is 0.321 e. The van der Waals surface area contributed by atoms with Crippen LogP contribution in [0, 0.1) is 17.9 Å². The molecule has 15 heavy (non-hydrogen) atoms. The number of hydrogen-bond acceptors (Lipinski definition) is 3. The molecule has 86 valence electrons. The van der Waals surface area contributed by atoms with E-state index in [-0.39, 0.29) is 5.97 Å². The maximum absolute atomic E-state index is 11.4. The van der Waals surface area contributed by atoms with E-state index in [0.29, 0.717) is 13.0 Å². The Bertz CT molecular complexity index is 225. The molecule has 0 heterocycles. The fourth-order valence-electron chi connectivity index (χ4n) is 1.34. The Kier molecular flexibility index (Phi) is 8.66. The van der Waals surface area contributed by atoms with Crippen LogP contribution in [0.3, 0.4) is 0 Å². The third kappa shape index (κ3) is 6.84. The minimum Gasteiger partial charge on any atom is -0.465 e. The highest BCUT2D eigenvalue weighted by Crippen LogP contribution is 2.12. The van der Waals surface area contributed by atoms with Gasteiger partial charge in [-0.1, -0.05) is 32.6 Å². The second kappa shape index (κ2) is 9.39. The summed E-state index contributed by atoms with van der Waals surface area (Å²) >= 11 is 0. The largest absolute Gasteiger partial charge is 0.465 e. The molecule has 0 aromatic heterocycles. The number of rotatable bonds is 7. The fourth-order valence-corrected chi connectivity index (χ4v) is 1.34. The van der Waals surface area contributed by atoms with Gasteiger partial charge in [0.05, 0.1) is 6.61 Å². The highest BCUT2D eigenvalue weighted by molar-refractivity contribution is 5.75. The van der Waals surface area contributed by atoms with Crippen LogP contribution in [0.25, 0.3) is 0 Å². The maximum atomic E-state index is 11.4. The van der Waals surface area contributed by atoms with Gasteiger partial charge in [0.15, 0.2) is 0 Å². The third-order valence-electron chi connectivity index (χ3n) is 2.16. The van der Waals surface area contributed by atoms with Crippen molar-refractivity contribution in [2.45, 2.75) is 46.0 Å². The average molecular weight is 212 g/mol. The molecule has 1 unspecified atom stereocenters. The first-order chi connectivity index (χ1) is 7.26. The van der Waals surface area contributed by atoms with E-state index in [1.165, 1.54) is 6.42 Å². The van der Waals surface area contributed by atoms with E-state index in [4.69, 9.17) is 9.84 Å². The third-order valence-corrected chi connectivity index (χ3v) is 2.16. The van der Waals surface area contributed by atoms with Crippen LogP contribution >= 0.6 is 0 Å². The van der Waals surface area contributed by atoms with Crippen LogP contribution in [0.2, 0.25) is 0 Å². The van der Waals surface area contributed by atoms with Crippen LogP contribution < -0.4 is 0 Å². The van der Waals surface area contributed by atoms with Crippen LogP contribution in [0.5, 0.6) is 0 Å². The predicted molar refractivity (Wildman–Crippen MR) is 58.6 cm³/mol. The minimum absolute atomic E-state index is 0.324. The van der Waals surface area contributed by atoms with E-state index >= 15 is 0 Å². The molecule has 0 aliphatic heterocycles. The minimum atomic E-state index is -0.466. The maximum Gasteiger partial charge on any atom is 0.321 e. The zero-order chi connectivity index (χ0) is 11.5. The summed E-state index contributed by atoms with van der Waals surface area (Å²) in [5.41, 5.74) is 0. The number of unbranched alkanes of at least 4 members (excludes halogenated alkanes) is 3. The van der Waals surface area contributed by atoms with Crippen LogP contribution in [-0.2, 0) is 9.53 Å². The van der Waals surface area contributed by atoms with Crippen molar-refractivity contribution in [1.29, 1.82) is 0 Å². The number of aliphatic hydroxyl groups excluding tert-OH is 1. The number of esters is 1. The van der Waals surface area contributed by atoms with Crippen LogP contribution in [0.15, 0.2) is 0 Å². The number of hydrogen-bond donors (Lipinski definition) is 1. The topological polar surface area (TPSA) is 46.5 Å². The lowest BCUT2D eigenvalue weighted by molar-refractivity contribution is -0.146. The number of carbonyl (C=O) groups excluding carboxylic acids is 1. The van der Waals surface area contributed by atoms with E-state index in [1.54, 1.807) is 13.0 Å². The lowest BCUT2D eigenvalue weighted by Gasteiger charge is -2.08. The molecule has 1 N–H and O–H groups in total. The zero-order valence-corrected chi connectivity index (χ0v) is 9.58. The van der Waals surface area contributed by atoms with Crippen molar-refractivity contribution in [3.05, 3.63) is 0 Å². The van der Waals surface area contributed by atoms with E-state index in [2.05, 4.69) is 12.8 Å². The number of ether oxygens (including phenoxy) is 1. The molecule has 1 atom stereocenters. The molecule has 0 aromatic rings. The molecule has 0 saturated heterocycles. The Morgan fingerprint density at radius 2 is 2.07 bits per heavy atom. The molecule has 0 spiro atoms. The standard InChI is InChI=1S/C12H20O3/c1-3-5-6-7-8-11(9-10-13)12(14)15-4-2/h11,13H,3-8H2,1-2H3. The first-order valence-corrected chi connectivity index (χ1v) is 5.57. The van der Waals surface area contributed by atoms with Crippen molar-refractivity contribution in [2.24, 2.45) is 5.92 Å². The van der Waals surface area contributed by atoms with E-state index in [0.717, 1.165) is 19.3 Å². The van der Waals surface area contributed by atoms with Gasteiger partial charge in [0.2, 0.25) is 0 Å². The molecule has 0 bridgehead atoms. The Balaban J connectivity index is 3.91. The lowest BCUT2D eigenvalue weighted by Crippen LogP contribution is -2.16. The second-order valence-corrected chi connectivity index (χ2v) is 3.41. The van der Waals surface area contributed by atoms with Crippen molar-refractivity contribution in [3.8, 4) is 12.0 Å². The SMILES string of the molecule is CCCCCCC(C#CO)C(=O)OCC. The first-order valence-electron chi connectivity index (χ1n) is 5.57. The molecule has 0 aliphatic carbocycles. The summed E-state index contributed by atoms with van der Waals surface area (Å²) in [7, 11) is 0. The molecule has 0 amide bonds. The molecule has 3 heteroatoms. The predicted octanol–water partition coefficient (Wildman–Crippen LogP) is 2.47. The Morgan fingerprint density at radius 3 is 2.60 bits per heavy atom. The summed E-state index contributed by atoms with van der Waals surface area (Å²) in [6.45, 7) is 4.26. The zero-order valence-electron chi connectivity index (χ0n) is 9.58. The molecule has 0 radical (unpaired) electrons. The molecule has 0 aliphatic rings. The van der Waals surface area contributed by atoms with Crippen LogP contribution in [0.4, 0.5) is 0 Å². The van der Waals surface area contributed by atoms with Gasteiger partial charge in [-0.25, -0.2) is 0 Å². The van der Waals surface area contributed by atoms with Crippen LogP contribution in [0.1, 0.15) is 46.0 Å². The normalized spacial score (nSPS) is 11.3. The Morgan fingerprint density at radius 1 is 1.33 bits per heavy atom. The van der Waals surface area contributed by atoms with Crippen molar-refractivity contribution in [3.63, 3.8) is 0 Å². The summed E-state index contributed by atoms with van der Waals surface area (Å²) in [6, 6.07) is 0. The number of carbonyl (C=O) groups is 1. The molecule has 0 saturated carbocycles. The molecular weight excluding hydrogens is 192 g/mol. The quantitative estimate of drug-likeness (QED) is 0.400. The lowest BCUT2D eigenvalue weighted by atomic mass is 10.0. The Hall–Kier alpha value is -1.17. The van der Waals surface area contributed by atoms with E-state index in [9.17, 15) is 4.79 Å². The van der Waals surface area contributed by atoms with Gasteiger partial charge in [-0.2, -0.15) is 0 Å². The van der Waals surface area contributed by atoms with Gasteiger partial charge in [0.1, 0.15) is 12.0 Å². The molecule has 3 nitrogen and oxygen atoms in total. The van der Waals surface area contributed by atoms with Crippen molar-refractivity contribution >= 4 is 5.97 Å². The summed E-state index contributed by atoms with van der Waals surface area (Å²) in [5.74, 6) is 1.69. The fraction of sp³-hybridized carbons (Fsp3) is 0.750. The number of aliphatic hydroxyl groups is 1. The van der Waals surface area contributed by atoms with E-state index in [1.807, 2.05) is 0 Å². The van der Waals surface area contributed by atoms with Crippen LogP contribution in [-0.4, -0.2) is 17.7 Å². The van der Waals surface area contributed by atoms with Crippen molar-refractivity contribution in [2.75, 3.05) is 6.61 Å². The second-order valence-electron chi connectivity index (χ2n) is 3.41. The summed E-state index contributed by atoms with van der Waals surface area (Å²) in [6.07, 6.45) is 6.85. The highest BCUT2D eigenvalue weighted by atomic mass is 16.5. The van der Waals surface area contributed by atoms with Gasteiger partial charge in [-0.05, 0) is 19.3 Å².